The number of aromatic hydroxyl groups is 1. The average molecular weight is 223 g/mol. The molecule has 0 spiro atoms. The van der Waals surface area contributed by atoms with Gasteiger partial charge in [0.15, 0.2) is 0 Å². The Morgan fingerprint density at radius 3 is 2.50 bits per heavy atom. The van der Waals surface area contributed by atoms with Crippen LogP contribution in [0.15, 0.2) is 36.7 Å². The molecule has 4 heteroatoms. The van der Waals surface area contributed by atoms with Crippen molar-refractivity contribution in [1.82, 2.24) is 4.90 Å². The fourth-order valence-electron chi connectivity index (χ4n) is 1.28. The Bertz CT molecular complexity index is 341. The zero-order valence-electron chi connectivity index (χ0n) is 7.88. The molecule has 0 atom stereocenters. The molecular weight excluding hydrogens is 212 g/mol. The molecule has 2 rings (SSSR count). The van der Waals surface area contributed by atoms with Crippen molar-refractivity contribution in [2.75, 3.05) is 11.9 Å². The maximum absolute atomic E-state index is 9.54. The zero-order valence-corrected chi connectivity index (χ0v) is 9.44. The quantitative estimate of drug-likeness (QED) is 0.580. The van der Waals surface area contributed by atoms with E-state index in [1.165, 1.54) is 0 Å². The van der Waals surface area contributed by atoms with Crippen LogP contribution in [0.2, 0.25) is 0 Å². The van der Waals surface area contributed by atoms with Gasteiger partial charge in [0.05, 0.1) is 5.69 Å². The second-order valence-corrected chi connectivity index (χ2v) is 2.98. The molecule has 0 saturated heterocycles. The van der Waals surface area contributed by atoms with Gasteiger partial charge in [0.1, 0.15) is 5.75 Å². The molecule has 1 aliphatic rings. The zero-order chi connectivity index (χ0) is 9.26. The minimum absolute atomic E-state index is 0. The van der Waals surface area contributed by atoms with Crippen molar-refractivity contribution in [2.45, 2.75) is 0 Å². The first-order valence-electron chi connectivity index (χ1n) is 4.09. The van der Waals surface area contributed by atoms with Gasteiger partial charge < -0.3 is 14.9 Å². The van der Waals surface area contributed by atoms with Crippen LogP contribution in [-0.2, 0) is 21.7 Å². The van der Waals surface area contributed by atoms with Gasteiger partial charge >= 0.3 is 0 Å². The molecule has 1 heterocycles. The van der Waals surface area contributed by atoms with Gasteiger partial charge in [-0.05, 0) is 31.6 Å². The third-order valence-corrected chi connectivity index (χ3v) is 1.93. The maximum Gasteiger partial charge on any atom is 0.136 e. The molecule has 0 radical (unpaired) electrons. The molecule has 0 unspecified atom stereocenters. The van der Waals surface area contributed by atoms with Gasteiger partial charge in [-0.15, -0.1) is 0 Å². The number of para-hydroxylation sites is 2. The monoisotopic (exact) mass is 223 g/mol. The van der Waals surface area contributed by atoms with Gasteiger partial charge in [0.2, 0.25) is 0 Å². The van der Waals surface area contributed by atoms with E-state index in [1.807, 2.05) is 54.1 Å². The maximum atomic E-state index is 9.54. The van der Waals surface area contributed by atoms with E-state index in [0.29, 0.717) is 5.75 Å². The van der Waals surface area contributed by atoms with Crippen molar-refractivity contribution in [3.05, 3.63) is 43.3 Å². The van der Waals surface area contributed by atoms with Crippen LogP contribution in [0.1, 0.15) is 0 Å². The minimum atomic E-state index is 0. The fraction of sp³-hybridized carbons (Fsp3) is 0.100. The number of hydrogen-bond donors (Lipinski definition) is 1. The van der Waals surface area contributed by atoms with E-state index in [2.05, 4.69) is 0 Å². The van der Waals surface area contributed by atoms with Crippen molar-refractivity contribution in [3.8, 4) is 5.75 Å². The summed E-state index contributed by atoms with van der Waals surface area (Å²) in [6.07, 6.45) is 3.82. The van der Waals surface area contributed by atoms with E-state index in [4.69, 9.17) is 0 Å². The smallest absolute Gasteiger partial charge is 0.136 e. The Labute approximate surface area is 98.5 Å². The molecule has 0 saturated carbocycles. The van der Waals surface area contributed by atoms with E-state index in [0.717, 1.165) is 5.69 Å². The number of anilines is 1. The normalized spacial score (nSPS) is 14.4. The number of phenolic OH excluding ortho intramolecular Hbond substituents is 1. The Kier molecular flexibility index (Phi) is 3.61. The summed E-state index contributed by atoms with van der Waals surface area (Å²) < 4.78 is 0. The average Bonchev–Trinajstić information content (AvgIpc) is 2.53. The summed E-state index contributed by atoms with van der Waals surface area (Å²) in [4.78, 5) is 3.79. The summed E-state index contributed by atoms with van der Waals surface area (Å²) in [6, 6.07) is 7.25. The van der Waals surface area contributed by atoms with Gasteiger partial charge in [-0.3, -0.25) is 0 Å². The SMILES string of the molecule is CN1C=CN(c2ccccc2O)[CH-]1.[Ti]. The molecule has 0 fully saturated rings. The first kappa shape index (κ1) is 11.2. The molecule has 14 heavy (non-hydrogen) atoms. The molecule has 0 aromatic heterocycles. The van der Waals surface area contributed by atoms with Crippen LogP contribution in [0.3, 0.4) is 0 Å². The number of nitrogens with zero attached hydrogens (tertiary/aromatic N) is 2. The Hall–Kier alpha value is -0.926. The summed E-state index contributed by atoms with van der Waals surface area (Å²) in [7, 11) is 1.94. The number of hydrogen-bond acceptors (Lipinski definition) is 3. The number of rotatable bonds is 1. The largest absolute Gasteiger partial charge is 0.510 e. The van der Waals surface area contributed by atoms with E-state index < -0.39 is 0 Å². The van der Waals surface area contributed by atoms with E-state index in [-0.39, 0.29) is 21.7 Å². The molecule has 72 valence electrons. The Morgan fingerprint density at radius 1 is 1.21 bits per heavy atom. The van der Waals surface area contributed by atoms with E-state index >= 15 is 0 Å². The first-order chi connectivity index (χ1) is 6.27. The standard InChI is InChI=1S/C10H11N2O.Ti/c1-11-6-7-12(8-11)9-4-2-3-5-10(9)13;/h2-8,13H,1H3;/q-1;. The second-order valence-electron chi connectivity index (χ2n) is 2.98. The predicted molar refractivity (Wildman–Crippen MR) is 51.8 cm³/mol. The van der Waals surface area contributed by atoms with Crippen LogP contribution in [0.4, 0.5) is 5.69 Å². The molecule has 0 aliphatic carbocycles. The summed E-state index contributed by atoms with van der Waals surface area (Å²) in [6.45, 7) is 1.90. The Balaban J connectivity index is 0.000000980. The van der Waals surface area contributed by atoms with Crippen molar-refractivity contribution in [3.63, 3.8) is 0 Å². The molecular formula is C10H11N2OTi-. The molecule has 3 nitrogen and oxygen atoms in total. The van der Waals surface area contributed by atoms with Gasteiger partial charge in [-0.25, -0.2) is 0 Å². The van der Waals surface area contributed by atoms with Crippen LogP contribution in [0.25, 0.3) is 0 Å². The molecule has 1 aromatic carbocycles. The van der Waals surface area contributed by atoms with Crippen molar-refractivity contribution in [2.24, 2.45) is 0 Å². The van der Waals surface area contributed by atoms with Gasteiger partial charge in [-0.1, -0.05) is 12.1 Å². The van der Waals surface area contributed by atoms with Gasteiger partial charge in [0, 0.05) is 21.7 Å². The summed E-state index contributed by atoms with van der Waals surface area (Å²) >= 11 is 0. The predicted octanol–water partition coefficient (Wildman–Crippen LogP) is 1.73. The summed E-state index contributed by atoms with van der Waals surface area (Å²) in [5, 5.41) is 9.54. The Morgan fingerprint density at radius 2 is 1.93 bits per heavy atom. The number of benzene rings is 1. The van der Waals surface area contributed by atoms with Gasteiger partial charge in [0.25, 0.3) is 0 Å². The molecule has 1 aliphatic heterocycles. The van der Waals surface area contributed by atoms with E-state index in [1.54, 1.807) is 6.07 Å². The third-order valence-electron chi connectivity index (χ3n) is 1.93. The van der Waals surface area contributed by atoms with Crippen LogP contribution >= 0.6 is 0 Å². The van der Waals surface area contributed by atoms with Crippen LogP contribution in [0.5, 0.6) is 5.75 Å². The first-order valence-corrected chi connectivity index (χ1v) is 4.09. The van der Waals surface area contributed by atoms with Crippen LogP contribution < -0.4 is 4.90 Å². The van der Waals surface area contributed by atoms with Crippen LogP contribution in [-0.4, -0.2) is 17.1 Å². The summed E-state index contributed by atoms with van der Waals surface area (Å²) in [5.41, 5.74) is 0.795. The molecule has 1 N–H and O–H groups in total. The van der Waals surface area contributed by atoms with Gasteiger partial charge in [-0.2, -0.15) is 6.67 Å². The van der Waals surface area contributed by atoms with E-state index in [9.17, 15) is 5.11 Å². The fourth-order valence-corrected chi connectivity index (χ4v) is 1.28. The van der Waals surface area contributed by atoms with Crippen molar-refractivity contribution in [1.29, 1.82) is 0 Å². The third kappa shape index (κ3) is 2.11. The topological polar surface area (TPSA) is 26.7 Å². The molecule has 0 bridgehead atoms. The van der Waals surface area contributed by atoms with Crippen molar-refractivity contribution < 1.29 is 26.8 Å². The second kappa shape index (κ2) is 4.53. The number of phenols is 1. The molecule has 0 amide bonds. The molecule has 1 aromatic rings. The van der Waals surface area contributed by atoms with Crippen LogP contribution in [0, 0.1) is 6.67 Å². The minimum Gasteiger partial charge on any atom is -0.510 e. The van der Waals surface area contributed by atoms with Crippen molar-refractivity contribution >= 4 is 5.69 Å². The summed E-state index contributed by atoms with van der Waals surface area (Å²) in [5.74, 6) is 0.290.